The van der Waals surface area contributed by atoms with Crippen LogP contribution >= 0.6 is 0 Å². The van der Waals surface area contributed by atoms with E-state index in [2.05, 4.69) is 0 Å². The SMILES string of the molecule is O=S(=O)(O)C(O)CCCC(O)S(=O)(=O)O. The van der Waals surface area contributed by atoms with Gasteiger partial charge in [0.05, 0.1) is 0 Å². The molecule has 0 aromatic heterocycles. The van der Waals surface area contributed by atoms with Crippen LogP contribution in [0.5, 0.6) is 0 Å². The Morgan fingerprint density at radius 3 is 1.27 bits per heavy atom. The van der Waals surface area contributed by atoms with Crippen LogP contribution in [0.4, 0.5) is 0 Å². The van der Waals surface area contributed by atoms with Crippen molar-refractivity contribution < 1.29 is 36.2 Å². The normalized spacial score (nSPS) is 17.3. The van der Waals surface area contributed by atoms with E-state index in [1.54, 1.807) is 0 Å². The van der Waals surface area contributed by atoms with Crippen molar-refractivity contribution in [3.8, 4) is 0 Å². The number of hydrogen-bond acceptors (Lipinski definition) is 6. The molecule has 4 N–H and O–H groups in total. The summed E-state index contributed by atoms with van der Waals surface area (Å²) in [6.07, 6.45) is -1.07. The predicted molar refractivity (Wildman–Crippen MR) is 49.0 cm³/mol. The molecule has 0 radical (unpaired) electrons. The summed E-state index contributed by atoms with van der Waals surface area (Å²) in [5.41, 5.74) is -4.04. The maximum Gasteiger partial charge on any atom is 0.291 e. The van der Waals surface area contributed by atoms with E-state index in [0.717, 1.165) is 0 Å². The van der Waals surface area contributed by atoms with Gasteiger partial charge in [-0.1, -0.05) is 0 Å². The first kappa shape index (κ1) is 14.7. The first-order chi connectivity index (χ1) is 6.55. The maximum absolute atomic E-state index is 10.3. The minimum absolute atomic E-state index is 0.193. The molecule has 0 heterocycles. The summed E-state index contributed by atoms with van der Waals surface area (Å²) in [5, 5.41) is 17.5. The van der Waals surface area contributed by atoms with Crippen LogP contribution in [0, 0.1) is 0 Å². The molecular formula is C5H12O8S2. The molecule has 0 aliphatic heterocycles. The van der Waals surface area contributed by atoms with Crippen LogP contribution < -0.4 is 0 Å². The van der Waals surface area contributed by atoms with Gasteiger partial charge >= 0.3 is 0 Å². The van der Waals surface area contributed by atoms with Crippen molar-refractivity contribution in [1.29, 1.82) is 0 Å². The smallest absolute Gasteiger partial charge is 0.291 e. The van der Waals surface area contributed by atoms with E-state index in [1.807, 2.05) is 0 Å². The molecule has 0 saturated carbocycles. The summed E-state index contributed by atoms with van der Waals surface area (Å²) >= 11 is 0. The van der Waals surface area contributed by atoms with E-state index >= 15 is 0 Å². The molecule has 0 rings (SSSR count). The number of hydrogen-bond donors (Lipinski definition) is 4. The molecule has 0 spiro atoms. The highest BCUT2D eigenvalue weighted by atomic mass is 32.2. The summed E-state index contributed by atoms with van der Waals surface area (Å²) in [6, 6.07) is 0. The summed E-state index contributed by atoms with van der Waals surface area (Å²) in [4.78, 5) is 0. The fraction of sp³-hybridized carbons (Fsp3) is 1.00. The van der Waals surface area contributed by atoms with Gasteiger partial charge in [0, 0.05) is 0 Å². The number of aliphatic hydroxyl groups is 2. The fourth-order valence-electron chi connectivity index (χ4n) is 0.765. The molecule has 8 nitrogen and oxygen atoms in total. The van der Waals surface area contributed by atoms with Gasteiger partial charge in [-0.05, 0) is 19.3 Å². The molecular weight excluding hydrogens is 252 g/mol. The second-order valence-electron chi connectivity index (χ2n) is 2.87. The van der Waals surface area contributed by atoms with Crippen molar-refractivity contribution in [3.63, 3.8) is 0 Å². The Bertz CT molecular complexity index is 343. The van der Waals surface area contributed by atoms with Crippen molar-refractivity contribution in [2.45, 2.75) is 30.1 Å². The van der Waals surface area contributed by atoms with Gasteiger partial charge in [-0.15, -0.1) is 0 Å². The Hall–Kier alpha value is -0.260. The Morgan fingerprint density at radius 1 is 0.800 bits per heavy atom. The molecule has 10 heteroatoms. The zero-order valence-electron chi connectivity index (χ0n) is 7.51. The molecule has 0 aliphatic carbocycles. The largest absolute Gasteiger partial charge is 0.375 e. The Kier molecular flexibility index (Phi) is 5.09. The summed E-state index contributed by atoms with van der Waals surface area (Å²) < 4.78 is 57.7. The van der Waals surface area contributed by atoms with E-state index in [0.29, 0.717) is 0 Å². The molecule has 2 unspecified atom stereocenters. The minimum Gasteiger partial charge on any atom is -0.375 e. The molecule has 0 fully saturated rings. The van der Waals surface area contributed by atoms with Crippen molar-refractivity contribution in [1.82, 2.24) is 0 Å². The summed E-state index contributed by atoms with van der Waals surface area (Å²) in [5.74, 6) is 0. The average molecular weight is 264 g/mol. The van der Waals surface area contributed by atoms with Gasteiger partial charge < -0.3 is 10.2 Å². The summed E-state index contributed by atoms with van der Waals surface area (Å²) in [7, 11) is -9.15. The fourth-order valence-corrected chi connectivity index (χ4v) is 1.69. The standard InChI is InChI=1S/C5H12O8S2/c6-4(14(8,9)10)2-1-3-5(7)15(11,12)13/h4-7H,1-3H2,(H,8,9,10)(H,11,12,13). The zero-order chi connectivity index (χ0) is 12.3. The van der Waals surface area contributed by atoms with Crippen LogP contribution in [0.2, 0.25) is 0 Å². The van der Waals surface area contributed by atoms with Gasteiger partial charge in [-0.2, -0.15) is 16.8 Å². The number of aliphatic hydroxyl groups excluding tert-OH is 2. The molecule has 0 amide bonds. The van der Waals surface area contributed by atoms with Crippen molar-refractivity contribution in [2.24, 2.45) is 0 Å². The molecule has 0 aromatic carbocycles. The van der Waals surface area contributed by atoms with Gasteiger partial charge in [0.1, 0.15) is 0 Å². The minimum atomic E-state index is -4.57. The third kappa shape index (κ3) is 6.02. The van der Waals surface area contributed by atoms with Gasteiger partial charge in [0.2, 0.25) is 0 Å². The molecule has 0 bridgehead atoms. The highest BCUT2D eigenvalue weighted by Gasteiger charge is 2.22. The molecule has 0 aromatic rings. The lowest BCUT2D eigenvalue weighted by Crippen LogP contribution is -2.22. The Morgan fingerprint density at radius 2 is 1.07 bits per heavy atom. The van der Waals surface area contributed by atoms with Crippen LogP contribution in [-0.2, 0) is 20.2 Å². The second-order valence-corrected chi connectivity index (χ2v) is 6.02. The van der Waals surface area contributed by atoms with Crippen LogP contribution in [0.25, 0.3) is 0 Å². The number of rotatable bonds is 6. The maximum atomic E-state index is 10.3. The van der Waals surface area contributed by atoms with Gasteiger partial charge in [-0.3, -0.25) is 9.11 Å². The molecule has 0 saturated heterocycles. The van der Waals surface area contributed by atoms with Crippen molar-refractivity contribution in [2.75, 3.05) is 0 Å². The van der Waals surface area contributed by atoms with E-state index in [-0.39, 0.29) is 6.42 Å². The topological polar surface area (TPSA) is 149 Å². The lowest BCUT2D eigenvalue weighted by atomic mass is 10.2. The van der Waals surface area contributed by atoms with Gasteiger partial charge in [-0.25, -0.2) is 0 Å². The van der Waals surface area contributed by atoms with Crippen LogP contribution in [0.1, 0.15) is 19.3 Å². The van der Waals surface area contributed by atoms with E-state index in [4.69, 9.17) is 19.3 Å². The first-order valence-electron chi connectivity index (χ1n) is 3.84. The van der Waals surface area contributed by atoms with Gasteiger partial charge in [0.25, 0.3) is 20.2 Å². The molecule has 92 valence electrons. The van der Waals surface area contributed by atoms with Gasteiger partial charge in [0.15, 0.2) is 10.9 Å². The quantitative estimate of drug-likeness (QED) is 0.426. The third-order valence-electron chi connectivity index (χ3n) is 1.59. The van der Waals surface area contributed by atoms with E-state index in [9.17, 15) is 16.8 Å². The monoisotopic (exact) mass is 264 g/mol. The zero-order valence-corrected chi connectivity index (χ0v) is 9.15. The Labute approximate surface area is 87.0 Å². The van der Waals surface area contributed by atoms with Crippen LogP contribution in [0.15, 0.2) is 0 Å². The van der Waals surface area contributed by atoms with Crippen LogP contribution in [0.3, 0.4) is 0 Å². The molecule has 0 aliphatic rings. The summed E-state index contributed by atoms with van der Waals surface area (Å²) in [6.45, 7) is 0. The molecule has 15 heavy (non-hydrogen) atoms. The highest BCUT2D eigenvalue weighted by Crippen LogP contribution is 2.10. The van der Waals surface area contributed by atoms with E-state index < -0.39 is 43.9 Å². The lowest BCUT2D eigenvalue weighted by Gasteiger charge is -2.09. The molecule has 2 atom stereocenters. The van der Waals surface area contributed by atoms with Crippen molar-refractivity contribution in [3.05, 3.63) is 0 Å². The average Bonchev–Trinajstić information content (AvgIpc) is 2.00. The first-order valence-corrected chi connectivity index (χ1v) is 6.84. The third-order valence-corrected chi connectivity index (χ3v) is 3.44. The second kappa shape index (κ2) is 5.18. The lowest BCUT2D eigenvalue weighted by molar-refractivity contribution is 0.194. The predicted octanol–water partition coefficient (Wildman–Crippen LogP) is -1.43. The Balaban J connectivity index is 4.03. The van der Waals surface area contributed by atoms with E-state index in [1.165, 1.54) is 0 Å². The highest BCUT2D eigenvalue weighted by molar-refractivity contribution is 7.86. The van der Waals surface area contributed by atoms with Crippen LogP contribution in [-0.4, -0.2) is 47.0 Å². The van der Waals surface area contributed by atoms with Crippen molar-refractivity contribution >= 4 is 20.2 Å².